The van der Waals surface area contributed by atoms with E-state index in [1.165, 1.54) is 5.56 Å². The normalized spacial score (nSPS) is 14.8. The molecule has 0 aliphatic carbocycles. The van der Waals surface area contributed by atoms with Crippen LogP contribution in [0.1, 0.15) is 38.3 Å². The molecule has 2 heteroatoms. The summed E-state index contributed by atoms with van der Waals surface area (Å²) in [5.74, 6) is 1.35. The first-order chi connectivity index (χ1) is 7.84. The van der Waals surface area contributed by atoms with Crippen LogP contribution < -0.4 is 4.74 Å². The molecule has 0 aliphatic rings. The van der Waals surface area contributed by atoms with E-state index in [0.29, 0.717) is 12.3 Å². The molecule has 0 fully saturated rings. The van der Waals surface area contributed by atoms with Crippen LogP contribution in [-0.2, 0) is 6.42 Å². The van der Waals surface area contributed by atoms with E-state index in [0.717, 1.165) is 17.7 Å². The molecule has 0 saturated carbocycles. The van der Waals surface area contributed by atoms with Gasteiger partial charge in [-0.1, -0.05) is 31.5 Å². The smallest absolute Gasteiger partial charge is 0.122 e. The predicted molar refractivity (Wildman–Crippen MR) is 71.5 cm³/mol. The molecule has 0 aliphatic heterocycles. The van der Waals surface area contributed by atoms with Crippen LogP contribution >= 0.6 is 0 Å². The fourth-order valence-corrected chi connectivity index (χ4v) is 2.41. The lowest BCUT2D eigenvalue weighted by molar-refractivity contribution is 0.0383. The molecule has 0 radical (unpaired) electrons. The third-order valence-corrected chi connectivity index (χ3v) is 2.86. The lowest BCUT2D eigenvalue weighted by Crippen LogP contribution is -2.29. The minimum Gasteiger partial charge on any atom is -0.496 e. The second kappa shape index (κ2) is 5.54. The summed E-state index contributed by atoms with van der Waals surface area (Å²) in [4.78, 5) is 0. The Morgan fingerprint density at radius 1 is 1.35 bits per heavy atom. The summed E-state index contributed by atoms with van der Waals surface area (Å²) < 4.78 is 5.34. The van der Waals surface area contributed by atoms with E-state index in [9.17, 15) is 5.11 Å². The van der Waals surface area contributed by atoms with E-state index < -0.39 is 5.60 Å². The molecule has 0 bridgehead atoms. The molecule has 1 atom stereocenters. The molecule has 1 unspecified atom stereocenters. The summed E-state index contributed by atoms with van der Waals surface area (Å²) in [6.07, 6.45) is 1.43. The highest BCUT2D eigenvalue weighted by Gasteiger charge is 2.23. The van der Waals surface area contributed by atoms with Gasteiger partial charge >= 0.3 is 0 Å². The molecular formula is C15H24O2. The Morgan fingerprint density at radius 2 is 2.00 bits per heavy atom. The van der Waals surface area contributed by atoms with Crippen molar-refractivity contribution in [3.63, 3.8) is 0 Å². The molecule has 17 heavy (non-hydrogen) atoms. The maximum atomic E-state index is 10.4. The lowest BCUT2D eigenvalue weighted by Gasteiger charge is -2.26. The van der Waals surface area contributed by atoms with Gasteiger partial charge in [-0.05, 0) is 37.8 Å². The Hall–Kier alpha value is -1.02. The number of ether oxygens (including phenoxy) is 1. The van der Waals surface area contributed by atoms with Gasteiger partial charge < -0.3 is 9.84 Å². The topological polar surface area (TPSA) is 29.5 Å². The highest BCUT2D eigenvalue weighted by atomic mass is 16.5. The summed E-state index contributed by atoms with van der Waals surface area (Å²) in [7, 11) is 1.67. The van der Waals surface area contributed by atoms with Gasteiger partial charge in [0.1, 0.15) is 5.75 Å². The van der Waals surface area contributed by atoms with Gasteiger partial charge in [-0.25, -0.2) is 0 Å². The van der Waals surface area contributed by atoms with E-state index in [1.54, 1.807) is 7.11 Å². The summed E-state index contributed by atoms with van der Waals surface area (Å²) in [6, 6.07) is 6.09. The van der Waals surface area contributed by atoms with Crippen molar-refractivity contribution < 1.29 is 9.84 Å². The Morgan fingerprint density at radius 3 is 2.53 bits per heavy atom. The Labute approximate surface area is 105 Å². The van der Waals surface area contributed by atoms with Crippen molar-refractivity contribution in [2.45, 2.75) is 46.1 Å². The van der Waals surface area contributed by atoms with Crippen LogP contribution in [0.2, 0.25) is 0 Å². The van der Waals surface area contributed by atoms with E-state index in [1.807, 2.05) is 19.1 Å². The zero-order valence-electron chi connectivity index (χ0n) is 11.6. The maximum absolute atomic E-state index is 10.4. The van der Waals surface area contributed by atoms with Crippen LogP contribution in [0.4, 0.5) is 0 Å². The van der Waals surface area contributed by atoms with E-state index >= 15 is 0 Å². The summed E-state index contributed by atoms with van der Waals surface area (Å²) in [5.41, 5.74) is 1.61. The van der Waals surface area contributed by atoms with Crippen molar-refractivity contribution in [2.24, 2.45) is 5.92 Å². The fraction of sp³-hybridized carbons (Fsp3) is 0.600. The molecule has 0 heterocycles. The van der Waals surface area contributed by atoms with Crippen LogP contribution in [0, 0.1) is 12.8 Å². The number of aliphatic hydroxyl groups is 1. The number of aryl methyl sites for hydroxylation is 1. The molecule has 1 aromatic carbocycles. The maximum Gasteiger partial charge on any atom is 0.122 e. The van der Waals surface area contributed by atoms with Gasteiger partial charge in [0, 0.05) is 6.42 Å². The molecule has 0 spiro atoms. The number of rotatable bonds is 5. The van der Waals surface area contributed by atoms with Gasteiger partial charge in [0.15, 0.2) is 0 Å². The quantitative estimate of drug-likeness (QED) is 0.849. The van der Waals surface area contributed by atoms with Crippen LogP contribution in [0.5, 0.6) is 5.75 Å². The molecule has 1 aromatic rings. The zero-order chi connectivity index (χ0) is 13.1. The van der Waals surface area contributed by atoms with Crippen molar-refractivity contribution in [3.05, 3.63) is 29.3 Å². The third kappa shape index (κ3) is 4.39. The largest absolute Gasteiger partial charge is 0.496 e. The van der Waals surface area contributed by atoms with E-state index in [2.05, 4.69) is 26.8 Å². The second-order valence-corrected chi connectivity index (χ2v) is 5.59. The Kier molecular flexibility index (Phi) is 4.58. The van der Waals surface area contributed by atoms with Gasteiger partial charge in [0.2, 0.25) is 0 Å². The van der Waals surface area contributed by atoms with Crippen molar-refractivity contribution in [3.8, 4) is 5.75 Å². The Bertz CT molecular complexity index is 367. The predicted octanol–water partition coefficient (Wildman–Crippen LogP) is 3.34. The minimum atomic E-state index is -0.671. The van der Waals surface area contributed by atoms with E-state index in [4.69, 9.17) is 4.74 Å². The molecule has 0 aromatic heterocycles. The van der Waals surface area contributed by atoms with Crippen molar-refractivity contribution in [2.75, 3.05) is 7.11 Å². The zero-order valence-corrected chi connectivity index (χ0v) is 11.6. The third-order valence-electron chi connectivity index (χ3n) is 2.86. The molecule has 0 saturated heterocycles. The fourth-order valence-electron chi connectivity index (χ4n) is 2.41. The van der Waals surface area contributed by atoms with Gasteiger partial charge in [0.05, 0.1) is 12.7 Å². The van der Waals surface area contributed by atoms with Gasteiger partial charge in [-0.3, -0.25) is 0 Å². The number of benzene rings is 1. The first-order valence-electron chi connectivity index (χ1n) is 6.20. The first kappa shape index (κ1) is 14.0. The standard InChI is InChI=1S/C15H24O2/c1-11(2)9-15(4,16)10-13-8-12(3)6-7-14(13)17-5/h6-8,11,16H,9-10H2,1-5H3. The lowest BCUT2D eigenvalue weighted by atomic mass is 9.87. The average Bonchev–Trinajstić information content (AvgIpc) is 2.14. The van der Waals surface area contributed by atoms with E-state index in [-0.39, 0.29) is 0 Å². The van der Waals surface area contributed by atoms with Crippen LogP contribution in [0.25, 0.3) is 0 Å². The SMILES string of the molecule is COc1ccc(C)cc1CC(C)(O)CC(C)C. The van der Waals surface area contributed by atoms with Crippen LogP contribution in [-0.4, -0.2) is 17.8 Å². The molecule has 1 rings (SSSR count). The number of hydrogen-bond acceptors (Lipinski definition) is 2. The monoisotopic (exact) mass is 236 g/mol. The van der Waals surface area contributed by atoms with Gasteiger partial charge in [-0.15, -0.1) is 0 Å². The number of hydrogen-bond donors (Lipinski definition) is 1. The summed E-state index contributed by atoms with van der Waals surface area (Å²) in [5, 5.41) is 10.4. The van der Waals surface area contributed by atoms with Crippen LogP contribution in [0.15, 0.2) is 18.2 Å². The number of methoxy groups -OCH3 is 1. The first-order valence-corrected chi connectivity index (χ1v) is 6.20. The van der Waals surface area contributed by atoms with Gasteiger partial charge in [0.25, 0.3) is 0 Å². The van der Waals surface area contributed by atoms with Crippen molar-refractivity contribution >= 4 is 0 Å². The highest BCUT2D eigenvalue weighted by molar-refractivity contribution is 5.37. The van der Waals surface area contributed by atoms with Crippen molar-refractivity contribution in [1.29, 1.82) is 0 Å². The molecule has 2 nitrogen and oxygen atoms in total. The van der Waals surface area contributed by atoms with Crippen LogP contribution in [0.3, 0.4) is 0 Å². The molecule has 1 N–H and O–H groups in total. The molecule has 96 valence electrons. The molecule has 0 amide bonds. The molecular weight excluding hydrogens is 212 g/mol. The summed E-state index contributed by atoms with van der Waals surface area (Å²) >= 11 is 0. The highest BCUT2D eigenvalue weighted by Crippen LogP contribution is 2.27. The minimum absolute atomic E-state index is 0.487. The van der Waals surface area contributed by atoms with Crippen molar-refractivity contribution in [1.82, 2.24) is 0 Å². The Balaban J connectivity index is 2.89. The average molecular weight is 236 g/mol. The summed E-state index contributed by atoms with van der Waals surface area (Å²) in [6.45, 7) is 8.21. The second-order valence-electron chi connectivity index (χ2n) is 5.59. The van der Waals surface area contributed by atoms with Gasteiger partial charge in [-0.2, -0.15) is 0 Å².